The molecule has 0 aliphatic heterocycles. The Morgan fingerprint density at radius 2 is 1.93 bits per heavy atom. The molecule has 146 valence electrons. The van der Waals surface area contributed by atoms with E-state index in [0.717, 1.165) is 11.2 Å². The normalized spacial score (nSPS) is 10.8. The first kappa shape index (κ1) is 18.3. The van der Waals surface area contributed by atoms with Crippen LogP contribution in [0.2, 0.25) is 0 Å². The number of hydrazine groups is 1. The van der Waals surface area contributed by atoms with Crippen LogP contribution in [0.15, 0.2) is 48.8 Å². The first-order valence-electron chi connectivity index (χ1n) is 8.70. The van der Waals surface area contributed by atoms with E-state index >= 15 is 0 Å². The zero-order valence-electron chi connectivity index (χ0n) is 15.3. The highest BCUT2D eigenvalue weighted by Gasteiger charge is 2.14. The van der Waals surface area contributed by atoms with Crippen LogP contribution in [0.1, 0.15) is 21.6 Å². The van der Waals surface area contributed by atoms with Crippen molar-refractivity contribution in [1.29, 1.82) is 0 Å². The molecule has 2 amide bonds. The number of carbonyl (C=O) groups excluding carboxylic acids is 2. The van der Waals surface area contributed by atoms with E-state index in [1.807, 2.05) is 6.92 Å². The molecule has 0 aliphatic carbocycles. The number of halogens is 1. The highest BCUT2D eigenvalue weighted by atomic mass is 19.1. The number of aromatic amines is 1. The van der Waals surface area contributed by atoms with E-state index in [2.05, 4.69) is 31.4 Å². The van der Waals surface area contributed by atoms with Crippen LogP contribution in [0.4, 0.5) is 4.39 Å². The Hall–Kier alpha value is -4.08. The summed E-state index contributed by atoms with van der Waals surface area (Å²) in [5, 5.41) is 11.5. The van der Waals surface area contributed by atoms with Gasteiger partial charge in [-0.25, -0.2) is 9.07 Å². The van der Waals surface area contributed by atoms with Gasteiger partial charge in [-0.3, -0.25) is 20.4 Å². The first-order valence-corrected chi connectivity index (χ1v) is 8.70. The number of fused-ring (bicyclic) bond motifs is 1. The third kappa shape index (κ3) is 3.81. The maximum atomic E-state index is 13.5. The molecule has 0 fully saturated rings. The van der Waals surface area contributed by atoms with Crippen LogP contribution in [0.5, 0.6) is 0 Å². The van der Waals surface area contributed by atoms with E-state index in [0.29, 0.717) is 22.2 Å². The maximum Gasteiger partial charge on any atom is 0.269 e. The third-order valence-electron chi connectivity index (χ3n) is 4.48. The minimum absolute atomic E-state index is 0.00615. The summed E-state index contributed by atoms with van der Waals surface area (Å²) < 4.78 is 15.0. The fourth-order valence-corrected chi connectivity index (χ4v) is 3.03. The number of carbonyl (C=O) groups is 2. The Labute approximate surface area is 163 Å². The van der Waals surface area contributed by atoms with Gasteiger partial charge in [0.15, 0.2) is 0 Å². The van der Waals surface area contributed by atoms with Gasteiger partial charge < -0.3 is 4.98 Å². The van der Waals surface area contributed by atoms with Gasteiger partial charge in [0.1, 0.15) is 12.1 Å². The summed E-state index contributed by atoms with van der Waals surface area (Å²) in [4.78, 5) is 27.6. The molecule has 0 saturated carbocycles. The molecular weight excluding hydrogens is 377 g/mol. The molecule has 29 heavy (non-hydrogen) atoms. The van der Waals surface area contributed by atoms with E-state index in [1.54, 1.807) is 30.3 Å². The van der Waals surface area contributed by atoms with Crippen molar-refractivity contribution < 1.29 is 14.0 Å². The van der Waals surface area contributed by atoms with Crippen molar-refractivity contribution in [3.63, 3.8) is 0 Å². The van der Waals surface area contributed by atoms with E-state index < -0.39 is 11.8 Å². The minimum Gasteiger partial charge on any atom is -0.358 e. The topological polar surface area (TPSA) is 118 Å². The molecule has 9 nitrogen and oxygen atoms in total. The smallest absolute Gasteiger partial charge is 0.269 e. The van der Waals surface area contributed by atoms with Crippen LogP contribution in [0.25, 0.3) is 16.6 Å². The lowest BCUT2D eigenvalue weighted by molar-refractivity contribution is -0.121. The van der Waals surface area contributed by atoms with Crippen molar-refractivity contribution >= 4 is 22.7 Å². The maximum absolute atomic E-state index is 13.5. The number of H-pyrrole nitrogens is 1. The predicted octanol–water partition coefficient (Wildman–Crippen LogP) is 1.59. The number of benzene rings is 2. The van der Waals surface area contributed by atoms with Gasteiger partial charge in [-0.15, -0.1) is 5.10 Å². The summed E-state index contributed by atoms with van der Waals surface area (Å²) in [6.45, 7) is 1.81. The summed E-state index contributed by atoms with van der Waals surface area (Å²) in [5.74, 6) is -1.27. The molecule has 2 heterocycles. The number of aromatic nitrogens is 5. The van der Waals surface area contributed by atoms with Crippen molar-refractivity contribution in [2.75, 3.05) is 0 Å². The molecule has 4 rings (SSSR count). The molecule has 3 N–H and O–H groups in total. The van der Waals surface area contributed by atoms with Crippen LogP contribution in [-0.2, 0) is 11.2 Å². The second kappa shape index (κ2) is 7.50. The summed E-state index contributed by atoms with van der Waals surface area (Å²) in [5.41, 5.74) is 8.00. The number of hydrogen-bond acceptors (Lipinski definition) is 5. The average molecular weight is 393 g/mol. The molecule has 0 unspecified atom stereocenters. The van der Waals surface area contributed by atoms with Gasteiger partial charge >= 0.3 is 0 Å². The highest BCUT2D eigenvalue weighted by molar-refractivity contribution is 5.96. The molecule has 0 atom stereocenters. The van der Waals surface area contributed by atoms with E-state index in [9.17, 15) is 14.0 Å². The van der Waals surface area contributed by atoms with Gasteiger partial charge in [0.05, 0.1) is 12.1 Å². The lowest BCUT2D eigenvalue weighted by Crippen LogP contribution is -2.42. The molecule has 2 aromatic carbocycles. The quantitative estimate of drug-likeness (QED) is 0.455. The predicted molar refractivity (Wildman–Crippen MR) is 101 cm³/mol. The number of hydrogen-bond donors (Lipinski definition) is 3. The molecule has 10 heteroatoms. The summed E-state index contributed by atoms with van der Waals surface area (Å²) in [6.07, 6.45) is 1.43. The zero-order valence-corrected chi connectivity index (χ0v) is 15.3. The molecule has 0 spiro atoms. The van der Waals surface area contributed by atoms with Gasteiger partial charge in [-0.05, 0) is 65.4 Å². The molecule has 4 aromatic rings. The van der Waals surface area contributed by atoms with Gasteiger partial charge in [0, 0.05) is 22.2 Å². The third-order valence-corrected chi connectivity index (χ3v) is 4.48. The standard InChI is InChI=1S/C19H16FN7O2/c1-11-15(16-8-13(20)4-7-17(16)22-11)9-18(28)23-24-19(29)12-2-5-14(6-3-12)27-10-21-25-26-27/h2-8,10,22H,9H2,1H3,(H,23,28)(H,24,29). The Morgan fingerprint density at radius 1 is 1.14 bits per heavy atom. The Bertz CT molecular complexity index is 1180. The van der Waals surface area contributed by atoms with Crippen LogP contribution < -0.4 is 10.9 Å². The number of nitrogens with one attached hydrogen (secondary N) is 3. The highest BCUT2D eigenvalue weighted by Crippen LogP contribution is 2.23. The zero-order chi connectivity index (χ0) is 20.4. The molecule has 0 bridgehead atoms. The lowest BCUT2D eigenvalue weighted by atomic mass is 10.1. The SMILES string of the molecule is Cc1[nH]c2ccc(F)cc2c1CC(=O)NNC(=O)c1ccc(-n2cnnn2)cc1. The van der Waals surface area contributed by atoms with Crippen molar-refractivity contribution in [2.45, 2.75) is 13.3 Å². The fourth-order valence-electron chi connectivity index (χ4n) is 3.03. The van der Waals surface area contributed by atoms with Crippen LogP contribution in [0, 0.1) is 12.7 Å². The van der Waals surface area contributed by atoms with E-state index in [-0.39, 0.29) is 12.2 Å². The number of amides is 2. The van der Waals surface area contributed by atoms with Gasteiger partial charge in [-0.2, -0.15) is 0 Å². The van der Waals surface area contributed by atoms with Crippen LogP contribution in [0.3, 0.4) is 0 Å². The number of rotatable bonds is 4. The Morgan fingerprint density at radius 3 is 2.66 bits per heavy atom. The summed E-state index contributed by atoms with van der Waals surface area (Å²) in [6, 6.07) is 10.9. The van der Waals surface area contributed by atoms with Crippen molar-refractivity contribution in [3.05, 3.63) is 71.4 Å². The second-order valence-electron chi connectivity index (χ2n) is 6.40. The van der Waals surface area contributed by atoms with Gasteiger partial charge in [0.25, 0.3) is 5.91 Å². The molecule has 0 saturated heterocycles. The Balaban J connectivity index is 1.39. The largest absolute Gasteiger partial charge is 0.358 e. The van der Waals surface area contributed by atoms with E-state index in [1.165, 1.54) is 23.1 Å². The van der Waals surface area contributed by atoms with Crippen molar-refractivity contribution in [2.24, 2.45) is 0 Å². The summed E-state index contributed by atoms with van der Waals surface area (Å²) in [7, 11) is 0. The second-order valence-corrected chi connectivity index (χ2v) is 6.40. The number of tetrazole rings is 1. The van der Waals surface area contributed by atoms with Crippen molar-refractivity contribution in [1.82, 2.24) is 36.0 Å². The first-order chi connectivity index (χ1) is 14.0. The van der Waals surface area contributed by atoms with Crippen molar-refractivity contribution in [3.8, 4) is 5.69 Å². The molecule has 2 aromatic heterocycles. The van der Waals surface area contributed by atoms with Crippen LogP contribution in [-0.4, -0.2) is 37.0 Å². The van der Waals surface area contributed by atoms with Gasteiger partial charge in [-0.1, -0.05) is 0 Å². The lowest BCUT2D eigenvalue weighted by Gasteiger charge is -2.08. The molecule has 0 aliphatic rings. The average Bonchev–Trinajstić information content (AvgIpc) is 3.35. The van der Waals surface area contributed by atoms with Gasteiger partial charge in [0.2, 0.25) is 5.91 Å². The molecule has 0 radical (unpaired) electrons. The van der Waals surface area contributed by atoms with E-state index in [4.69, 9.17) is 0 Å². The number of aryl methyl sites for hydroxylation is 1. The van der Waals surface area contributed by atoms with Crippen LogP contribution >= 0.6 is 0 Å². The number of nitrogens with zero attached hydrogens (tertiary/aromatic N) is 4. The summed E-state index contributed by atoms with van der Waals surface area (Å²) >= 11 is 0. The monoisotopic (exact) mass is 393 g/mol. The minimum atomic E-state index is -0.469. The fraction of sp³-hybridized carbons (Fsp3) is 0.105. The molecular formula is C19H16FN7O2. The Kier molecular flexibility index (Phi) is 4.73.